The van der Waals surface area contributed by atoms with Gasteiger partial charge in [-0.3, -0.25) is 4.68 Å². The molecule has 7 heteroatoms. The van der Waals surface area contributed by atoms with Crippen LogP contribution in [0, 0.1) is 12.7 Å². The van der Waals surface area contributed by atoms with Gasteiger partial charge < -0.3 is 9.84 Å². The molecule has 1 aromatic heterocycles. The van der Waals surface area contributed by atoms with E-state index >= 15 is 0 Å². The van der Waals surface area contributed by atoms with Crippen molar-refractivity contribution in [3.8, 4) is 5.75 Å². The van der Waals surface area contributed by atoms with Crippen molar-refractivity contribution in [2.24, 2.45) is 7.05 Å². The SMILES string of the molecule is Cc1nn(C)c(COc2cc(F)ccc2C(=O)O)c1Cl. The lowest BCUT2D eigenvalue weighted by molar-refractivity contribution is 0.0691. The first kappa shape index (κ1) is 14.3. The van der Waals surface area contributed by atoms with Crippen LogP contribution in [-0.2, 0) is 13.7 Å². The fraction of sp³-hybridized carbons (Fsp3) is 0.231. The molecule has 0 saturated carbocycles. The molecule has 0 aliphatic rings. The molecule has 0 aliphatic heterocycles. The molecule has 0 unspecified atom stereocenters. The number of benzene rings is 1. The van der Waals surface area contributed by atoms with Gasteiger partial charge in [-0.25, -0.2) is 9.18 Å². The van der Waals surface area contributed by atoms with Crippen LogP contribution < -0.4 is 4.74 Å². The summed E-state index contributed by atoms with van der Waals surface area (Å²) in [6, 6.07) is 3.25. The number of nitrogens with zero attached hydrogens (tertiary/aromatic N) is 2. The number of halogens is 2. The minimum absolute atomic E-state index is 0.0000926. The van der Waals surface area contributed by atoms with Gasteiger partial charge in [0.1, 0.15) is 23.7 Å². The molecule has 0 fully saturated rings. The van der Waals surface area contributed by atoms with Gasteiger partial charge in [0.2, 0.25) is 0 Å². The maximum absolute atomic E-state index is 13.2. The Bertz CT molecular complexity index is 670. The number of carbonyl (C=O) groups is 1. The Morgan fingerprint density at radius 2 is 2.25 bits per heavy atom. The van der Waals surface area contributed by atoms with Crippen molar-refractivity contribution in [3.05, 3.63) is 46.0 Å². The fourth-order valence-corrected chi connectivity index (χ4v) is 1.99. The summed E-state index contributed by atoms with van der Waals surface area (Å²) in [4.78, 5) is 11.0. The van der Waals surface area contributed by atoms with E-state index in [1.54, 1.807) is 14.0 Å². The number of aromatic nitrogens is 2. The van der Waals surface area contributed by atoms with Crippen LogP contribution in [0.3, 0.4) is 0 Å². The number of carboxylic acids is 1. The first-order chi connectivity index (χ1) is 9.40. The smallest absolute Gasteiger partial charge is 0.339 e. The summed E-state index contributed by atoms with van der Waals surface area (Å²) in [5.74, 6) is -1.81. The maximum atomic E-state index is 13.2. The number of ether oxygens (including phenoxy) is 1. The van der Waals surface area contributed by atoms with Gasteiger partial charge in [0.25, 0.3) is 0 Å². The van der Waals surface area contributed by atoms with Crippen molar-refractivity contribution in [2.75, 3.05) is 0 Å². The van der Waals surface area contributed by atoms with E-state index in [1.807, 2.05) is 0 Å². The molecule has 20 heavy (non-hydrogen) atoms. The third-order valence-corrected chi connectivity index (χ3v) is 3.29. The Balaban J connectivity index is 2.27. The third-order valence-electron chi connectivity index (χ3n) is 2.80. The van der Waals surface area contributed by atoms with E-state index in [2.05, 4.69) is 5.10 Å². The molecule has 0 spiro atoms. The normalized spacial score (nSPS) is 10.6. The topological polar surface area (TPSA) is 64.4 Å². The molecule has 0 amide bonds. The Morgan fingerprint density at radius 3 is 2.80 bits per heavy atom. The summed E-state index contributed by atoms with van der Waals surface area (Å²) in [6.45, 7) is 1.75. The quantitative estimate of drug-likeness (QED) is 0.942. The van der Waals surface area contributed by atoms with Crippen molar-refractivity contribution in [1.82, 2.24) is 9.78 Å². The average Bonchev–Trinajstić information content (AvgIpc) is 2.61. The van der Waals surface area contributed by atoms with E-state index in [-0.39, 0.29) is 17.9 Å². The summed E-state index contributed by atoms with van der Waals surface area (Å²) in [5.41, 5.74) is 1.12. The zero-order valence-electron chi connectivity index (χ0n) is 10.9. The summed E-state index contributed by atoms with van der Waals surface area (Å²) in [7, 11) is 1.70. The number of aromatic carboxylic acids is 1. The Hall–Kier alpha value is -2.08. The number of hydrogen-bond acceptors (Lipinski definition) is 3. The monoisotopic (exact) mass is 298 g/mol. The first-order valence-electron chi connectivity index (χ1n) is 5.73. The molecular formula is C13H12ClFN2O3. The Morgan fingerprint density at radius 1 is 1.55 bits per heavy atom. The fourth-order valence-electron chi connectivity index (χ4n) is 1.78. The van der Waals surface area contributed by atoms with Crippen molar-refractivity contribution in [1.29, 1.82) is 0 Å². The van der Waals surface area contributed by atoms with E-state index in [1.165, 1.54) is 4.68 Å². The number of carboxylic acid groups (broad SMARTS) is 1. The molecule has 0 saturated heterocycles. The number of hydrogen-bond donors (Lipinski definition) is 1. The van der Waals surface area contributed by atoms with Crippen LogP contribution in [0.15, 0.2) is 18.2 Å². The molecule has 1 heterocycles. The summed E-state index contributed by atoms with van der Waals surface area (Å²) in [5, 5.41) is 13.6. The molecule has 0 bridgehead atoms. The molecule has 0 radical (unpaired) electrons. The highest BCUT2D eigenvalue weighted by Crippen LogP contribution is 2.24. The molecule has 0 aliphatic carbocycles. The maximum Gasteiger partial charge on any atom is 0.339 e. The second kappa shape index (κ2) is 5.50. The van der Waals surface area contributed by atoms with Crippen LogP contribution in [0.25, 0.3) is 0 Å². The molecule has 0 atom stereocenters. The predicted octanol–water partition coefficient (Wildman–Crippen LogP) is 2.80. The largest absolute Gasteiger partial charge is 0.486 e. The van der Waals surface area contributed by atoms with Gasteiger partial charge in [0.05, 0.1) is 16.4 Å². The van der Waals surface area contributed by atoms with Gasteiger partial charge in [-0.15, -0.1) is 0 Å². The van der Waals surface area contributed by atoms with Gasteiger partial charge in [-0.1, -0.05) is 11.6 Å². The first-order valence-corrected chi connectivity index (χ1v) is 6.11. The van der Waals surface area contributed by atoms with Crippen LogP contribution in [0.5, 0.6) is 5.75 Å². The van der Waals surface area contributed by atoms with Crippen molar-refractivity contribution >= 4 is 17.6 Å². The number of rotatable bonds is 4. The van der Waals surface area contributed by atoms with E-state index in [4.69, 9.17) is 21.4 Å². The summed E-state index contributed by atoms with van der Waals surface area (Å²) in [6.07, 6.45) is 0. The van der Waals surface area contributed by atoms with Crippen molar-refractivity contribution in [3.63, 3.8) is 0 Å². The second-order valence-corrected chi connectivity index (χ2v) is 4.58. The van der Waals surface area contributed by atoms with E-state index < -0.39 is 11.8 Å². The van der Waals surface area contributed by atoms with Gasteiger partial charge in [-0.2, -0.15) is 5.10 Å². The minimum Gasteiger partial charge on any atom is -0.486 e. The second-order valence-electron chi connectivity index (χ2n) is 4.20. The molecule has 2 aromatic rings. The molecular weight excluding hydrogens is 287 g/mol. The zero-order chi connectivity index (χ0) is 14.9. The van der Waals surface area contributed by atoms with Gasteiger partial charge in [0, 0.05) is 13.1 Å². The molecule has 1 aromatic carbocycles. The molecule has 1 N–H and O–H groups in total. The van der Waals surface area contributed by atoms with Gasteiger partial charge in [0.15, 0.2) is 0 Å². The standard InChI is InChI=1S/C13H12ClFN2O3/c1-7-12(14)10(17(2)16-7)6-20-11-5-8(15)3-4-9(11)13(18)19/h3-5H,6H2,1-2H3,(H,18,19). The van der Waals surface area contributed by atoms with E-state index in [9.17, 15) is 9.18 Å². The van der Waals surface area contributed by atoms with Crippen LogP contribution in [0.2, 0.25) is 5.02 Å². The van der Waals surface area contributed by atoms with Gasteiger partial charge in [-0.05, 0) is 19.1 Å². The van der Waals surface area contributed by atoms with E-state index in [0.717, 1.165) is 18.2 Å². The van der Waals surface area contributed by atoms with Crippen LogP contribution >= 0.6 is 11.6 Å². The molecule has 106 valence electrons. The lowest BCUT2D eigenvalue weighted by atomic mass is 10.2. The highest BCUT2D eigenvalue weighted by atomic mass is 35.5. The number of aryl methyl sites for hydroxylation is 2. The zero-order valence-corrected chi connectivity index (χ0v) is 11.6. The molecule has 5 nitrogen and oxygen atoms in total. The lowest BCUT2D eigenvalue weighted by Gasteiger charge is -2.09. The minimum atomic E-state index is -1.19. The van der Waals surface area contributed by atoms with Crippen LogP contribution in [-0.4, -0.2) is 20.9 Å². The third kappa shape index (κ3) is 2.75. The van der Waals surface area contributed by atoms with Gasteiger partial charge >= 0.3 is 5.97 Å². The lowest BCUT2D eigenvalue weighted by Crippen LogP contribution is -2.07. The molecule has 2 rings (SSSR count). The highest BCUT2D eigenvalue weighted by molar-refractivity contribution is 6.31. The van der Waals surface area contributed by atoms with Crippen LogP contribution in [0.1, 0.15) is 21.7 Å². The van der Waals surface area contributed by atoms with Crippen molar-refractivity contribution in [2.45, 2.75) is 13.5 Å². The van der Waals surface area contributed by atoms with Crippen molar-refractivity contribution < 1.29 is 19.0 Å². The predicted molar refractivity (Wildman–Crippen MR) is 70.6 cm³/mol. The highest BCUT2D eigenvalue weighted by Gasteiger charge is 2.15. The Kier molecular flexibility index (Phi) is 3.94. The average molecular weight is 299 g/mol. The Labute approximate surface area is 119 Å². The summed E-state index contributed by atoms with van der Waals surface area (Å²) >= 11 is 6.06. The summed E-state index contributed by atoms with van der Waals surface area (Å²) < 4.78 is 20.1. The van der Waals surface area contributed by atoms with E-state index in [0.29, 0.717) is 16.4 Å². The van der Waals surface area contributed by atoms with Crippen LogP contribution in [0.4, 0.5) is 4.39 Å².